The molecule has 4 heteroatoms. The van der Waals surface area contributed by atoms with Crippen LogP contribution in [0.1, 0.15) is 11.1 Å². The van der Waals surface area contributed by atoms with Crippen molar-refractivity contribution in [1.82, 2.24) is 4.58 Å². The van der Waals surface area contributed by atoms with E-state index in [1.807, 2.05) is 17.8 Å². The minimum atomic E-state index is -0.156. The van der Waals surface area contributed by atoms with Crippen LogP contribution in [0, 0.1) is 13.8 Å². The summed E-state index contributed by atoms with van der Waals surface area (Å²) < 4.78 is 11.4. The maximum absolute atomic E-state index is 6.58. The van der Waals surface area contributed by atoms with Crippen molar-refractivity contribution in [2.24, 2.45) is 0 Å². The van der Waals surface area contributed by atoms with Gasteiger partial charge in [0.15, 0.2) is 5.75 Å². The molecule has 2 atom stereocenters. The molecule has 0 bridgehead atoms. The van der Waals surface area contributed by atoms with Gasteiger partial charge in [-0.3, -0.25) is 0 Å². The zero-order chi connectivity index (χ0) is 24.2. The van der Waals surface area contributed by atoms with Crippen molar-refractivity contribution in [3.05, 3.63) is 131 Å². The lowest BCUT2D eigenvalue weighted by Gasteiger charge is -2.29. The Kier molecular flexibility index (Phi) is 4.96. The standard InChI is InChI=1S/C32H26N2OS/c1-21-11-15-23(16-12-21)33-25-7-3-5-9-29(25)35-30-20-32-28(19-27(30)33)34(24-17-13-22(2)14-18-24)26-8-4-6-10-31(26)36-32/h3-20,30-31H,1-2H3/q+2. The van der Waals surface area contributed by atoms with Crippen molar-refractivity contribution >= 4 is 40.2 Å². The molecule has 0 aromatic heterocycles. The summed E-state index contributed by atoms with van der Waals surface area (Å²) in [4.78, 5) is 1.25. The Bertz CT molecular complexity index is 1580. The van der Waals surface area contributed by atoms with Crippen LogP contribution in [0.15, 0.2) is 120 Å². The first-order valence-corrected chi connectivity index (χ1v) is 13.2. The molecule has 174 valence electrons. The number of nitrogens with zero attached hydrogens (tertiary/aromatic N) is 2. The van der Waals surface area contributed by atoms with Crippen molar-refractivity contribution in [3.8, 4) is 5.75 Å². The average Bonchev–Trinajstić information content (AvgIpc) is 2.91. The molecule has 4 aliphatic rings. The topological polar surface area (TPSA) is 15.2 Å². The lowest BCUT2D eigenvalue weighted by Crippen LogP contribution is -2.40. The number of hydrogen-bond donors (Lipinski definition) is 0. The van der Waals surface area contributed by atoms with Gasteiger partial charge in [-0.25, -0.2) is 0 Å². The van der Waals surface area contributed by atoms with Gasteiger partial charge in [0.2, 0.25) is 34.6 Å². The maximum Gasteiger partial charge on any atom is 0.253 e. The fourth-order valence-electron chi connectivity index (χ4n) is 5.23. The summed E-state index contributed by atoms with van der Waals surface area (Å²) in [6.45, 7) is 4.26. The second-order valence-corrected chi connectivity index (χ2v) is 10.7. The van der Waals surface area contributed by atoms with Gasteiger partial charge in [-0.2, -0.15) is 9.15 Å². The molecule has 0 saturated carbocycles. The third kappa shape index (κ3) is 3.44. The van der Waals surface area contributed by atoms with Crippen molar-refractivity contribution in [1.29, 1.82) is 0 Å². The van der Waals surface area contributed by atoms with E-state index < -0.39 is 0 Å². The molecule has 0 spiro atoms. The molecule has 36 heavy (non-hydrogen) atoms. The molecule has 2 heterocycles. The monoisotopic (exact) mass is 486 g/mol. The second-order valence-electron chi connectivity index (χ2n) is 9.54. The number of fused-ring (bicyclic) bond motifs is 4. The fraction of sp³-hybridized carbons (Fsp3) is 0.125. The van der Waals surface area contributed by atoms with Crippen LogP contribution in [0.3, 0.4) is 0 Å². The fourth-order valence-corrected chi connectivity index (χ4v) is 6.45. The zero-order valence-corrected chi connectivity index (χ0v) is 21.1. The van der Waals surface area contributed by atoms with Gasteiger partial charge in [0.05, 0.1) is 11.0 Å². The molecule has 2 unspecified atom stereocenters. The molecule has 0 fully saturated rings. The lowest BCUT2D eigenvalue weighted by molar-refractivity contribution is -0.379. The van der Waals surface area contributed by atoms with E-state index in [0.717, 1.165) is 22.8 Å². The number of ether oxygens (including phenoxy) is 1. The van der Waals surface area contributed by atoms with Gasteiger partial charge in [0.25, 0.3) is 5.69 Å². The molecule has 0 amide bonds. The van der Waals surface area contributed by atoms with E-state index in [2.05, 4.69) is 126 Å². The Hall–Kier alpha value is -3.89. The molecule has 3 aromatic rings. The molecule has 0 radical (unpaired) electrons. The highest BCUT2D eigenvalue weighted by Gasteiger charge is 2.45. The predicted molar refractivity (Wildman–Crippen MR) is 150 cm³/mol. The summed E-state index contributed by atoms with van der Waals surface area (Å²) in [5, 5.41) is 0.269. The van der Waals surface area contributed by atoms with Gasteiger partial charge in [-0.1, -0.05) is 65.8 Å². The Labute approximate surface area is 215 Å². The molecule has 2 aliphatic heterocycles. The van der Waals surface area contributed by atoms with Crippen LogP contribution in [-0.2, 0) is 0 Å². The molecule has 0 saturated heterocycles. The van der Waals surface area contributed by atoms with Gasteiger partial charge < -0.3 is 4.74 Å². The number of benzene rings is 3. The Morgan fingerprint density at radius 3 is 2.19 bits per heavy atom. The van der Waals surface area contributed by atoms with Crippen LogP contribution < -0.4 is 9.31 Å². The molecule has 2 aliphatic carbocycles. The third-order valence-electron chi connectivity index (χ3n) is 7.04. The summed E-state index contributed by atoms with van der Waals surface area (Å²) >= 11 is 1.90. The quantitative estimate of drug-likeness (QED) is 0.358. The number of hydrogen-bond acceptors (Lipinski definition) is 2. The van der Waals surface area contributed by atoms with Crippen LogP contribution in [0.2, 0.25) is 0 Å². The summed E-state index contributed by atoms with van der Waals surface area (Å²) in [6.07, 6.45) is 13.3. The molecular weight excluding hydrogens is 460 g/mol. The summed E-state index contributed by atoms with van der Waals surface area (Å²) in [7, 11) is 0. The third-order valence-corrected chi connectivity index (χ3v) is 8.29. The SMILES string of the molecule is Cc1ccc([N+]2=C3C=CC=CC3SC3=CC4Oc5ccccc5[N+](c5ccc(C)cc5)=C4C=C32)cc1. The first kappa shape index (κ1) is 21.4. The largest absolute Gasteiger partial charge is 0.468 e. The van der Waals surface area contributed by atoms with E-state index in [1.54, 1.807) is 0 Å². The number of rotatable bonds is 2. The number of para-hydroxylation sites is 2. The summed E-state index contributed by atoms with van der Waals surface area (Å²) in [5.74, 6) is 0.907. The first-order chi connectivity index (χ1) is 17.7. The lowest BCUT2D eigenvalue weighted by atomic mass is 10.0. The van der Waals surface area contributed by atoms with Gasteiger partial charge in [0, 0.05) is 36.4 Å². The second kappa shape index (κ2) is 8.35. The van der Waals surface area contributed by atoms with Crippen molar-refractivity contribution in [2.75, 3.05) is 0 Å². The average molecular weight is 487 g/mol. The first-order valence-electron chi connectivity index (χ1n) is 12.3. The van der Waals surface area contributed by atoms with Gasteiger partial charge in [0.1, 0.15) is 5.25 Å². The van der Waals surface area contributed by atoms with Crippen LogP contribution in [-0.4, -0.2) is 27.4 Å². The van der Waals surface area contributed by atoms with Crippen molar-refractivity contribution in [2.45, 2.75) is 25.2 Å². The van der Waals surface area contributed by atoms with Crippen LogP contribution in [0.25, 0.3) is 0 Å². The van der Waals surface area contributed by atoms with Gasteiger partial charge in [-0.05, 0) is 26.0 Å². The van der Waals surface area contributed by atoms with Crippen LogP contribution >= 0.6 is 11.8 Å². The zero-order valence-electron chi connectivity index (χ0n) is 20.3. The Morgan fingerprint density at radius 2 is 1.44 bits per heavy atom. The number of allylic oxidation sites excluding steroid dienone is 3. The van der Waals surface area contributed by atoms with E-state index in [1.165, 1.54) is 33.1 Å². The minimum absolute atomic E-state index is 0.156. The summed E-state index contributed by atoms with van der Waals surface area (Å²) in [5.41, 5.74) is 9.50. The molecule has 0 N–H and O–H groups in total. The van der Waals surface area contributed by atoms with E-state index >= 15 is 0 Å². The predicted octanol–water partition coefficient (Wildman–Crippen LogP) is 7.15. The Balaban J connectivity index is 1.50. The number of aryl methyl sites for hydroxylation is 2. The highest BCUT2D eigenvalue weighted by atomic mass is 32.2. The maximum atomic E-state index is 6.58. The Morgan fingerprint density at radius 1 is 0.750 bits per heavy atom. The number of thioether (sulfide) groups is 1. The summed E-state index contributed by atoms with van der Waals surface area (Å²) in [6, 6.07) is 25.9. The minimum Gasteiger partial charge on any atom is -0.468 e. The molecule has 7 rings (SSSR count). The molecule has 3 aromatic carbocycles. The van der Waals surface area contributed by atoms with Crippen LogP contribution in [0.5, 0.6) is 5.75 Å². The van der Waals surface area contributed by atoms with Crippen molar-refractivity contribution < 1.29 is 9.31 Å². The molecular formula is C32H26N2OS+2. The van der Waals surface area contributed by atoms with E-state index in [0.29, 0.717) is 0 Å². The van der Waals surface area contributed by atoms with E-state index in [-0.39, 0.29) is 11.4 Å². The normalized spacial score (nSPS) is 21.6. The smallest absolute Gasteiger partial charge is 0.253 e. The van der Waals surface area contributed by atoms with E-state index in [4.69, 9.17) is 4.74 Å². The van der Waals surface area contributed by atoms with E-state index in [9.17, 15) is 0 Å². The molecule has 3 nitrogen and oxygen atoms in total. The van der Waals surface area contributed by atoms with Gasteiger partial charge in [-0.15, -0.1) is 11.8 Å². The highest BCUT2D eigenvalue weighted by Crippen LogP contribution is 2.44. The highest BCUT2D eigenvalue weighted by molar-refractivity contribution is 8.04. The van der Waals surface area contributed by atoms with Crippen molar-refractivity contribution in [3.63, 3.8) is 0 Å². The van der Waals surface area contributed by atoms with Gasteiger partial charge >= 0.3 is 0 Å². The van der Waals surface area contributed by atoms with Crippen LogP contribution in [0.4, 0.5) is 17.1 Å².